The largest absolute Gasteiger partial charge is 0.507 e. The molecule has 1 rings (SSSR count). The Balaban J connectivity index is 2.81. The Morgan fingerprint density at radius 3 is 1.09 bits per heavy atom. The van der Waals surface area contributed by atoms with Crippen LogP contribution in [0.25, 0.3) is 0 Å². The third-order valence-electron chi connectivity index (χ3n) is 8.55. The number of hydrogen-bond donors (Lipinski definition) is 1. The lowest BCUT2D eigenvalue weighted by Crippen LogP contribution is -2.23. The molecule has 0 heterocycles. The molecular weight excluding hydrogens is 551 g/mol. The van der Waals surface area contributed by atoms with Crippen molar-refractivity contribution in [1.82, 2.24) is 0 Å². The minimum atomic E-state index is -3.55. The third-order valence-corrected chi connectivity index (χ3v) is 10.5. The van der Waals surface area contributed by atoms with E-state index in [4.69, 9.17) is 9.05 Å². The van der Waals surface area contributed by atoms with Crippen LogP contribution < -0.4 is 5.30 Å². The predicted octanol–water partition coefficient (Wildman–Crippen LogP) is 12.7. The van der Waals surface area contributed by atoms with E-state index < -0.39 is 7.60 Å². The molecule has 0 radical (unpaired) electrons. The quantitative estimate of drug-likeness (QED) is 0.0870. The highest BCUT2D eigenvalue weighted by molar-refractivity contribution is 7.62. The average Bonchev–Trinajstić information content (AvgIpc) is 2.93. The van der Waals surface area contributed by atoms with Gasteiger partial charge in [0.15, 0.2) is 0 Å². The molecule has 0 aliphatic carbocycles. The van der Waals surface area contributed by atoms with Crippen LogP contribution in [0.15, 0.2) is 12.1 Å². The second kappa shape index (κ2) is 21.8. The van der Waals surface area contributed by atoms with Gasteiger partial charge in [-0.25, -0.2) is 0 Å². The second-order valence-electron chi connectivity index (χ2n) is 14.9. The van der Waals surface area contributed by atoms with Gasteiger partial charge in [-0.15, -0.1) is 0 Å². The Kier molecular flexibility index (Phi) is 20.4. The lowest BCUT2D eigenvalue weighted by Gasteiger charge is -2.29. The summed E-state index contributed by atoms with van der Waals surface area (Å²) < 4.78 is 26.9. The van der Waals surface area contributed by atoms with Crippen LogP contribution in [-0.4, -0.2) is 18.3 Å². The SMILES string of the molecule is CCCCCCCCCCCCOP(=O)(OCCCCCCCCCCCC)c1cc(C(C)(C)C)c(O)c(C(C)(C)C)c1. The van der Waals surface area contributed by atoms with E-state index in [1.807, 2.05) is 12.1 Å². The molecule has 1 aromatic carbocycles. The van der Waals surface area contributed by atoms with Gasteiger partial charge < -0.3 is 14.2 Å². The molecule has 1 N–H and O–H groups in total. The summed E-state index contributed by atoms with van der Waals surface area (Å²) in [4.78, 5) is 0. The first-order chi connectivity index (χ1) is 20.4. The molecule has 0 saturated carbocycles. The Hall–Kier alpha value is -0.830. The molecule has 0 amide bonds. The Labute approximate surface area is 268 Å². The maximum absolute atomic E-state index is 14.5. The molecule has 5 heteroatoms. The number of phenolic OH excluding ortho intramolecular Hbond substituents is 1. The van der Waals surface area contributed by atoms with Gasteiger partial charge in [0.2, 0.25) is 0 Å². The molecule has 0 spiro atoms. The van der Waals surface area contributed by atoms with Gasteiger partial charge in [-0.05, 0) is 35.8 Å². The summed E-state index contributed by atoms with van der Waals surface area (Å²) in [7, 11) is -3.55. The molecule has 0 atom stereocenters. The van der Waals surface area contributed by atoms with Gasteiger partial charge in [-0.1, -0.05) is 171 Å². The zero-order valence-corrected chi connectivity index (χ0v) is 30.7. The first-order valence-electron chi connectivity index (χ1n) is 18.1. The van der Waals surface area contributed by atoms with Crippen molar-refractivity contribution in [2.45, 2.75) is 195 Å². The molecule has 0 aliphatic rings. The Bertz CT molecular complexity index is 831. The van der Waals surface area contributed by atoms with Crippen molar-refractivity contribution in [3.05, 3.63) is 23.3 Å². The zero-order valence-electron chi connectivity index (χ0n) is 29.8. The fraction of sp³-hybridized carbons (Fsp3) is 0.842. The van der Waals surface area contributed by atoms with Crippen molar-refractivity contribution in [1.29, 1.82) is 0 Å². The number of phenols is 1. The first-order valence-corrected chi connectivity index (χ1v) is 19.7. The van der Waals surface area contributed by atoms with Crippen LogP contribution in [-0.2, 0) is 24.4 Å². The van der Waals surface area contributed by atoms with Gasteiger partial charge in [-0.2, -0.15) is 0 Å². The topological polar surface area (TPSA) is 55.8 Å². The molecule has 0 aromatic heterocycles. The van der Waals surface area contributed by atoms with Crippen molar-refractivity contribution in [3.63, 3.8) is 0 Å². The van der Waals surface area contributed by atoms with E-state index in [2.05, 4.69) is 55.4 Å². The predicted molar refractivity (Wildman–Crippen MR) is 188 cm³/mol. The van der Waals surface area contributed by atoms with Crippen molar-refractivity contribution in [2.24, 2.45) is 0 Å². The number of aromatic hydroxyl groups is 1. The van der Waals surface area contributed by atoms with E-state index in [1.165, 1.54) is 103 Å². The maximum atomic E-state index is 14.5. The summed E-state index contributed by atoms with van der Waals surface area (Å²) in [5.41, 5.74) is 0.969. The summed E-state index contributed by atoms with van der Waals surface area (Å²) in [5.74, 6) is 0.291. The standard InChI is InChI=1S/C38H71O4P/c1-9-11-13-15-17-19-21-23-25-27-29-41-43(40,42-30-28-26-24-22-20-18-16-14-12-10-2)33-31-34(37(3,4)5)36(39)35(32-33)38(6,7)8/h31-32,39H,9-30H2,1-8H3. The van der Waals surface area contributed by atoms with Crippen LogP contribution in [0.3, 0.4) is 0 Å². The molecule has 0 aliphatic heterocycles. The molecule has 0 saturated heterocycles. The summed E-state index contributed by atoms with van der Waals surface area (Å²) >= 11 is 0. The average molecular weight is 623 g/mol. The summed E-state index contributed by atoms with van der Waals surface area (Å²) in [5, 5.41) is 11.8. The molecule has 4 nitrogen and oxygen atoms in total. The molecule has 1 aromatic rings. The van der Waals surface area contributed by atoms with E-state index in [-0.39, 0.29) is 10.8 Å². The second-order valence-corrected chi connectivity index (χ2v) is 16.9. The van der Waals surface area contributed by atoms with E-state index in [9.17, 15) is 9.67 Å². The molecular formula is C38H71O4P. The van der Waals surface area contributed by atoms with Gasteiger partial charge in [0.1, 0.15) is 5.75 Å². The van der Waals surface area contributed by atoms with Gasteiger partial charge in [0.25, 0.3) is 0 Å². The molecule has 0 bridgehead atoms. The molecule has 0 fully saturated rings. The van der Waals surface area contributed by atoms with Gasteiger partial charge in [0.05, 0.1) is 18.5 Å². The van der Waals surface area contributed by atoms with Crippen molar-refractivity contribution in [3.8, 4) is 5.75 Å². The lowest BCUT2D eigenvalue weighted by molar-refractivity contribution is 0.206. The number of benzene rings is 1. The van der Waals surface area contributed by atoms with Gasteiger partial charge in [-0.3, -0.25) is 4.57 Å². The van der Waals surface area contributed by atoms with Crippen LogP contribution in [0.2, 0.25) is 0 Å². The van der Waals surface area contributed by atoms with Crippen LogP contribution >= 0.6 is 7.60 Å². The first kappa shape index (κ1) is 40.2. The molecule has 252 valence electrons. The molecule has 43 heavy (non-hydrogen) atoms. The normalized spacial score (nSPS) is 12.7. The van der Waals surface area contributed by atoms with E-state index in [0.717, 1.165) is 36.8 Å². The van der Waals surface area contributed by atoms with Crippen LogP contribution in [0, 0.1) is 0 Å². The van der Waals surface area contributed by atoms with Crippen LogP contribution in [0.4, 0.5) is 0 Å². The van der Waals surface area contributed by atoms with Crippen molar-refractivity contribution in [2.75, 3.05) is 13.2 Å². The Morgan fingerprint density at radius 2 is 0.814 bits per heavy atom. The number of unbranched alkanes of at least 4 members (excludes halogenated alkanes) is 18. The minimum Gasteiger partial charge on any atom is -0.507 e. The minimum absolute atomic E-state index is 0.291. The van der Waals surface area contributed by atoms with Crippen molar-refractivity contribution >= 4 is 12.9 Å². The highest BCUT2D eigenvalue weighted by atomic mass is 31.2. The monoisotopic (exact) mass is 623 g/mol. The van der Waals surface area contributed by atoms with Gasteiger partial charge in [0, 0.05) is 11.1 Å². The fourth-order valence-electron chi connectivity index (χ4n) is 5.66. The summed E-state index contributed by atoms with van der Waals surface area (Å²) in [6.45, 7) is 17.9. The number of hydrogen-bond acceptors (Lipinski definition) is 4. The summed E-state index contributed by atoms with van der Waals surface area (Å²) in [6.07, 6.45) is 24.9. The zero-order chi connectivity index (χ0) is 32.2. The van der Waals surface area contributed by atoms with Crippen molar-refractivity contribution < 1.29 is 18.7 Å². The maximum Gasteiger partial charge on any atom is 0.361 e. The molecule has 0 unspecified atom stereocenters. The Morgan fingerprint density at radius 1 is 0.535 bits per heavy atom. The van der Waals surface area contributed by atoms with E-state index in [1.54, 1.807) is 0 Å². The highest BCUT2D eigenvalue weighted by Gasteiger charge is 2.34. The lowest BCUT2D eigenvalue weighted by atomic mass is 9.79. The van der Waals surface area contributed by atoms with Crippen LogP contribution in [0.5, 0.6) is 5.75 Å². The fourth-order valence-corrected chi connectivity index (χ4v) is 7.34. The van der Waals surface area contributed by atoms with Gasteiger partial charge >= 0.3 is 7.60 Å². The summed E-state index contributed by atoms with van der Waals surface area (Å²) in [6, 6.07) is 3.75. The smallest absolute Gasteiger partial charge is 0.361 e. The third kappa shape index (κ3) is 16.9. The van der Waals surface area contributed by atoms with E-state index >= 15 is 0 Å². The highest BCUT2D eigenvalue weighted by Crippen LogP contribution is 2.50. The number of rotatable bonds is 25. The van der Waals surface area contributed by atoms with Crippen LogP contribution in [0.1, 0.15) is 195 Å². The van der Waals surface area contributed by atoms with E-state index in [0.29, 0.717) is 24.3 Å².